The van der Waals surface area contributed by atoms with E-state index in [1.54, 1.807) is 0 Å². The van der Waals surface area contributed by atoms with Crippen molar-refractivity contribution < 1.29 is 4.79 Å². The molecule has 0 aliphatic heterocycles. The van der Waals surface area contributed by atoms with Crippen LogP contribution in [0.5, 0.6) is 0 Å². The van der Waals surface area contributed by atoms with Crippen molar-refractivity contribution in [3.8, 4) is 0 Å². The Labute approximate surface area is 83.0 Å². The third-order valence-electron chi connectivity index (χ3n) is 1.86. The van der Waals surface area contributed by atoms with Crippen LogP contribution in [0.3, 0.4) is 0 Å². The van der Waals surface area contributed by atoms with Gasteiger partial charge in [0.25, 0.3) is 0 Å². The Bertz CT molecular complexity index is 311. The van der Waals surface area contributed by atoms with Crippen LogP contribution < -0.4 is 0 Å². The Hall–Kier alpha value is -1.08. The van der Waals surface area contributed by atoms with Gasteiger partial charge in [-0.1, -0.05) is 42.8 Å². The summed E-state index contributed by atoms with van der Waals surface area (Å²) in [5, 5.41) is 0. The quantitative estimate of drug-likeness (QED) is 0.534. The smallest absolute Gasteiger partial charge is 0.186 e. The highest BCUT2D eigenvalue weighted by molar-refractivity contribution is 6.27. The summed E-state index contributed by atoms with van der Waals surface area (Å²) in [5.74, 6) is -0.0577. The van der Waals surface area contributed by atoms with E-state index < -0.39 is 0 Å². The van der Waals surface area contributed by atoms with Gasteiger partial charge in [-0.3, -0.25) is 4.79 Å². The van der Waals surface area contributed by atoms with Crippen LogP contribution in [0, 0.1) is 0 Å². The molecule has 0 unspecified atom stereocenters. The van der Waals surface area contributed by atoms with Crippen molar-refractivity contribution in [2.75, 3.05) is 0 Å². The second kappa shape index (κ2) is 4.83. The largest absolute Gasteiger partial charge is 0.289 e. The van der Waals surface area contributed by atoms with Gasteiger partial charge in [0.15, 0.2) is 5.78 Å². The van der Waals surface area contributed by atoms with E-state index in [0.29, 0.717) is 5.56 Å². The number of carbonyl (C=O) groups excluding carboxylic acids is 1. The fourth-order valence-corrected chi connectivity index (χ4v) is 1.17. The Balaban J connectivity index is 2.85. The highest BCUT2D eigenvalue weighted by Crippen LogP contribution is 2.06. The lowest BCUT2D eigenvalue weighted by molar-refractivity contribution is 0.104. The molecule has 0 amide bonds. The molecule has 0 bridgehead atoms. The van der Waals surface area contributed by atoms with E-state index in [1.165, 1.54) is 17.2 Å². The summed E-state index contributed by atoms with van der Waals surface area (Å²) in [6.07, 6.45) is 2.34. The maximum absolute atomic E-state index is 11.3. The fraction of sp³-hybridized carbons (Fsp3) is 0.182. The van der Waals surface area contributed by atoms with Crippen LogP contribution in [0.1, 0.15) is 22.8 Å². The van der Waals surface area contributed by atoms with Gasteiger partial charge in [0.1, 0.15) is 0 Å². The minimum Gasteiger partial charge on any atom is -0.289 e. The summed E-state index contributed by atoms with van der Waals surface area (Å²) in [6, 6.07) is 7.54. The molecule has 2 heteroatoms. The molecule has 0 N–H and O–H groups in total. The number of ketones is 1. The number of hydrogen-bond acceptors (Lipinski definition) is 1. The zero-order chi connectivity index (χ0) is 9.68. The molecule has 0 fully saturated rings. The molecule has 1 rings (SSSR count). The first-order chi connectivity index (χ1) is 6.27. The molecule has 0 aliphatic carbocycles. The predicted molar refractivity (Wildman–Crippen MR) is 55.1 cm³/mol. The average molecular weight is 195 g/mol. The Morgan fingerprint density at radius 2 is 2.00 bits per heavy atom. The molecule has 0 radical (unpaired) electrons. The van der Waals surface area contributed by atoms with Gasteiger partial charge in [-0.2, -0.15) is 0 Å². The highest BCUT2D eigenvalue weighted by Gasteiger charge is 1.99. The third kappa shape index (κ3) is 2.71. The van der Waals surface area contributed by atoms with Crippen molar-refractivity contribution in [1.29, 1.82) is 0 Å². The normalized spacial score (nSPS) is 10.6. The van der Waals surface area contributed by atoms with Crippen molar-refractivity contribution in [1.82, 2.24) is 0 Å². The fourth-order valence-electron chi connectivity index (χ4n) is 1.06. The molecule has 0 atom stereocenters. The van der Waals surface area contributed by atoms with E-state index in [0.717, 1.165) is 6.42 Å². The molecule has 1 aromatic carbocycles. The number of hydrogen-bond donors (Lipinski definition) is 0. The summed E-state index contributed by atoms with van der Waals surface area (Å²) >= 11 is 5.30. The molecule has 13 heavy (non-hydrogen) atoms. The Kier molecular flexibility index (Phi) is 3.71. The second-order valence-corrected chi connectivity index (χ2v) is 2.96. The number of benzene rings is 1. The summed E-state index contributed by atoms with van der Waals surface area (Å²) < 4.78 is 0. The van der Waals surface area contributed by atoms with E-state index in [9.17, 15) is 4.79 Å². The number of rotatable bonds is 3. The van der Waals surface area contributed by atoms with Gasteiger partial charge in [-0.05, 0) is 18.1 Å². The van der Waals surface area contributed by atoms with Gasteiger partial charge in [0.2, 0.25) is 0 Å². The predicted octanol–water partition coefficient (Wildman–Crippen LogP) is 3.18. The van der Waals surface area contributed by atoms with E-state index in [1.807, 2.05) is 24.3 Å². The molecule has 0 aliphatic rings. The van der Waals surface area contributed by atoms with Crippen LogP contribution >= 0.6 is 11.6 Å². The maximum atomic E-state index is 11.3. The van der Waals surface area contributed by atoms with Crippen molar-refractivity contribution >= 4 is 17.4 Å². The van der Waals surface area contributed by atoms with Gasteiger partial charge in [-0.25, -0.2) is 0 Å². The van der Waals surface area contributed by atoms with Crippen LogP contribution in [0.15, 0.2) is 35.9 Å². The minimum absolute atomic E-state index is 0.0577. The van der Waals surface area contributed by atoms with Crippen molar-refractivity contribution in [2.45, 2.75) is 13.3 Å². The van der Waals surface area contributed by atoms with E-state index in [2.05, 4.69) is 6.92 Å². The number of aryl methyl sites for hydroxylation is 1. The summed E-state index contributed by atoms with van der Waals surface area (Å²) in [5.41, 5.74) is 3.14. The lowest BCUT2D eigenvalue weighted by atomic mass is 10.1. The number of carbonyl (C=O) groups is 1. The monoisotopic (exact) mass is 194 g/mol. The van der Waals surface area contributed by atoms with E-state index in [4.69, 9.17) is 11.6 Å². The number of allylic oxidation sites excluding steroid dienone is 1. The molecule has 1 aromatic rings. The topological polar surface area (TPSA) is 17.1 Å². The molecule has 0 aromatic heterocycles. The van der Waals surface area contributed by atoms with Gasteiger partial charge in [0.05, 0.1) is 0 Å². The first kappa shape index (κ1) is 10.0. The molecular formula is C11H11ClO. The molecule has 0 saturated heterocycles. The lowest BCUT2D eigenvalue weighted by Gasteiger charge is -1.97. The van der Waals surface area contributed by atoms with Crippen LogP contribution in [0.25, 0.3) is 0 Å². The minimum atomic E-state index is -0.0577. The summed E-state index contributed by atoms with van der Waals surface area (Å²) in [4.78, 5) is 11.3. The van der Waals surface area contributed by atoms with Gasteiger partial charge >= 0.3 is 0 Å². The van der Waals surface area contributed by atoms with Gasteiger partial charge in [0, 0.05) is 11.1 Å². The molecule has 1 nitrogen and oxygen atoms in total. The van der Waals surface area contributed by atoms with Crippen molar-refractivity contribution in [3.63, 3.8) is 0 Å². The van der Waals surface area contributed by atoms with Crippen LogP contribution in [0.4, 0.5) is 0 Å². The molecule has 0 heterocycles. The Morgan fingerprint density at radius 3 is 2.46 bits per heavy atom. The Morgan fingerprint density at radius 1 is 1.38 bits per heavy atom. The van der Waals surface area contributed by atoms with Crippen LogP contribution in [0.2, 0.25) is 0 Å². The maximum Gasteiger partial charge on any atom is 0.186 e. The van der Waals surface area contributed by atoms with E-state index in [-0.39, 0.29) is 5.78 Å². The lowest BCUT2D eigenvalue weighted by Crippen LogP contribution is -1.93. The summed E-state index contributed by atoms with van der Waals surface area (Å²) in [6.45, 7) is 2.08. The zero-order valence-corrected chi connectivity index (χ0v) is 8.21. The first-order valence-corrected chi connectivity index (χ1v) is 4.61. The zero-order valence-electron chi connectivity index (χ0n) is 7.46. The molecule has 68 valence electrons. The van der Waals surface area contributed by atoms with Gasteiger partial charge < -0.3 is 0 Å². The van der Waals surface area contributed by atoms with Gasteiger partial charge in [-0.15, -0.1) is 0 Å². The van der Waals surface area contributed by atoms with E-state index >= 15 is 0 Å². The second-order valence-electron chi connectivity index (χ2n) is 2.71. The number of halogens is 1. The SMILES string of the molecule is CCc1ccc(C(=O)C=CCl)cc1. The third-order valence-corrected chi connectivity index (χ3v) is 1.99. The van der Waals surface area contributed by atoms with Crippen LogP contribution in [-0.2, 0) is 6.42 Å². The van der Waals surface area contributed by atoms with Crippen LogP contribution in [-0.4, -0.2) is 5.78 Å². The summed E-state index contributed by atoms with van der Waals surface area (Å²) in [7, 11) is 0. The standard InChI is InChI=1S/C11H11ClO/c1-2-9-3-5-10(6-4-9)11(13)7-8-12/h3-8H,2H2,1H3. The van der Waals surface area contributed by atoms with Crippen molar-refractivity contribution in [3.05, 3.63) is 47.0 Å². The molecule has 0 saturated carbocycles. The average Bonchev–Trinajstić information content (AvgIpc) is 2.18. The molecule has 0 spiro atoms. The molecular weight excluding hydrogens is 184 g/mol. The first-order valence-electron chi connectivity index (χ1n) is 4.18. The van der Waals surface area contributed by atoms with Crippen molar-refractivity contribution in [2.24, 2.45) is 0 Å². The highest BCUT2D eigenvalue weighted by atomic mass is 35.5.